The molecule has 0 N–H and O–H groups in total. The maximum Gasteiger partial charge on any atom is 0.271 e. The molecule has 0 saturated carbocycles. The number of anilines is 1. The van der Waals surface area contributed by atoms with Crippen LogP contribution in [0.5, 0.6) is 0 Å². The lowest BCUT2D eigenvalue weighted by Gasteiger charge is -2.35. The first-order valence-corrected chi connectivity index (χ1v) is 10.9. The highest BCUT2D eigenvalue weighted by Crippen LogP contribution is 2.57. The lowest BCUT2D eigenvalue weighted by Crippen LogP contribution is -2.59. The van der Waals surface area contributed by atoms with E-state index < -0.39 is 51.7 Å². The van der Waals surface area contributed by atoms with Gasteiger partial charge in [-0.3, -0.25) is 34.2 Å². The Balaban J connectivity index is 1.54. The fraction of sp³-hybridized carbons (Fsp3) is 0.333. The van der Waals surface area contributed by atoms with E-state index in [9.17, 15) is 29.3 Å². The SMILES string of the molecule is Cc1ccc([N+](=O)[O-])cc1N1C(=O)C2C3CCCN3C3(C(=O)c4ccccc4C3=O)C2C1=O. The average molecular weight is 445 g/mol. The normalized spacial score (nSPS) is 27.4. The van der Waals surface area contributed by atoms with Crippen molar-refractivity contribution in [1.29, 1.82) is 0 Å². The van der Waals surface area contributed by atoms with E-state index in [1.54, 1.807) is 36.1 Å². The maximum atomic E-state index is 13.9. The number of imide groups is 1. The molecule has 1 spiro atoms. The number of non-ortho nitro benzene ring substituents is 1. The minimum absolute atomic E-state index is 0.128. The van der Waals surface area contributed by atoms with Crippen LogP contribution in [0.2, 0.25) is 0 Å². The topological polar surface area (TPSA) is 118 Å². The summed E-state index contributed by atoms with van der Waals surface area (Å²) in [5.41, 5.74) is -0.773. The molecule has 1 aliphatic carbocycles. The van der Waals surface area contributed by atoms with E-state index in [4.69, 9.17) is 0 Å². The van der Waals surface area contributed by atoms with E-state index in [1.165, 1.54) is 18.2 Å². The monoisotopic (exact) mass is 445 g/mol. The minimum Gasteiger partial charge on any atom is -0.291 e. The van der Waals surface area contributed by atoms with Crippen molar-refractivity contribution in [3.63, 3.8) is 0 Å². The third-order valence-electron chi connectivity index (χ3n) is 7.72. The largest absolute Gasteiger partial charge is 0.291 e. The van der Waals surface area contributed by atoms with Crippen molar-refractivity contribution in [2.24, 2.45) is 11.8 Å². The van der Waals surface area contributed by atoms with Gasteiger partial charge in [0.25, 0.3) is 5.69 Å². The molecule has 0 radical (unpaired) electrons. The predicted octanol–water partition coefficient (Wildman–Crippen LogP) is 2.30. The number of fused-ring (bicyclic) bond motifs is 6. The van der Waals surface area contributed by atoms with Gasteiger partial charge in [-0.25, -0.2) is 4.90 Å². The number of aryl methyl sites for hydroxylation is 1. The second-order valence-corrected chi connectivity index (χ2v) is 9.12. The summed E-state index contributed by atoms with van der Waals surface area (Å²) in [4.78, 5) is 68.6. The molecule has 3 heterocycles. The van der Waals surface area contributed by atoms with Gasteiger partial charge in [0.2, 0.25) is 11.8 Å². The predicted molar refractivity (Wildman–Crippen MR) is 115 cm³/mol. The molecular formula is C24H19N3O6. The molecule has 0 aromatic heterocycles. The van der Waals surface area contributed by atoms with Gasteiger partial charge in [0, 0.05) is 29.3 Å². The van der Waals surface area contributed by atoms with Gasteiger partial charge in [0.15, 0.2) is 17.1 Å². The summed E-state index contributed by atoms with van der Waals surface area (Å²) in [7, 11) is 0. The molecule has 3 unspecified atom stereocenters. The molecule has 3 saturated heterocycles. The minimum atomic E-state index is -1.73. The molecule has 3 fully saturated rings. The van der Waals surface area contributed by atoms with Crippen molar-refractivity contribution >= 4 is 34.8 Å². The molecular weight excluding hydrogens is 426 g/mol. The summed E-state index contributed by atoms with van der Waals surface area (Å²) in [6.45, 7) is 2.12. The van der Waals surface area contributed by atoms with Crippen LogP contribution in [0.1, 0.15) is 39.1 Å². The van der Waals surface area contributed by atoms with Gasteiger partial charge < -0.3 is 0 Å². The van der Waals surface area contributed by atoms with Crippen molar-refractivity contribution < 1.29 is 24.1 Å². The molecule has 2 aromatic rings. The highest BCUT2D eigenvalue weighted by Gasteiger charge is 2.76. The Labute approximate surface area is 188 Å². The zero-order valence-corrected chi connectivity index (χ0v) is 17.7. The zero-order valence-electron chi connectivity index (χ0n) is 17.7. The van der Waals surface area contributed by atoms with Crippen molar-refractivity contribution in [1.82, 2.24) is 4.90 Å². The first kappa shape index (κ1) is 19.9. The lowest BCUT2D eigenvalue weighted by molar-refractivity contribution is -0.384. The van der Waals surface area contributed by atoms with Crippen LogP contribution >= 0.6 is 0 Å². The molecule has 33 heavy (non-hydrogen) atoms. The third kappa shape index (κ3) is 2.20. The van der Waals surface area contributed by atoms with Crippen molar-refractivity contribution in [3.05, 3.63) is 69.3 Å². The summed E-state index contributed by atoms with van der Waals surface area (Å²) in [5.74, 6) is -4.00. The number of hydrogen-bond acceptors (Lipinski definition) is 7. The van der Waals surface area contributed by atoms with Gasteiger partial charge in [-0.2, -0.15) is 0 Å². The Hall–Kier alpha value is -3.72. The van der Waals surface area contributed by atoms with Gasteiger partial charge in [-0.1, -0.05) is 30.3 Å². The highest BCUT2D eigenvalue weighted by atomic mass is 16.6. The van der Waals surface area contributed by atoms with Crippen LogP contribution < -0.4 is 4.90 Å². The summed E-state index contributed by atoms with van der Waals surface area (Å²) in [6.07, 6.45) is 1.31. The molecule has 2 amide bonds. The quantitative estimate of drug-likeness (QED) is 0.301. The molecule has 2 aromatic carbocycles. The lowest BCUT2D eigenvalue weighted by atomic mass is 9.76. The number of carbonyl (C=O) groups excluding carboxylic acids is 4. The Bertz CT molecular complexity index is 1280. The number of carbonyl (C=O) groups is 4. The van der Waals surface area contributed by atoms with E-state index in [2.05, 4.69) is 0 Å². The standard InChI is InChI=1S/C24H19N3O6/c1-12-8-9-13(27(32)33)11-17(12)26-22(30)18-16-7-4-10-25(16)24(19(18)23(26)31)20(28)14-5-2-3-6-15(14)21(24)29/h2-3,5-6,8-9,11,16,18-19H,4,7,10H2,1H3. The fourth-order valence-corrected chi connectivity index (χ4v) is 6.43. The van der Waals surface area contributed by atoms with Crippen molar-refractivity contribution in [2.45, 2.75) is 31.3 Å². The van der Waals surface area contributed by atoms with Crippen LogP contribution in [0, 0.1) is 28.9 Å². The van der Waals surface area contributed by atoms with E-state index in [-0.39, 0.29) is 22.5 Å². The number of benzene rings is 2. The molecule has 0 bridgehead atoms. The number of nitrogens with zero attached hydrogens (tertiary/aromatic N) is 3. The van der Waals surface area contributed by atoms with Gasteiger partial charge in [-0.05, 0) is 31.9 Å². The second kappa shape index (κ2) is 6.41. The van der Waals surface area contributed by atoms with E-state index in [0.29, 0.717) is 24.9 Å². The number of Topliss-reactive ketones (excluding diaryl/α,β-unsaturated/α-hetero) is 2. The van der Waals surface area contributed by atoms with Crippen LogP contribution in [0.4, 0.5) is 11.4 Å². The Kier molecular flexibility index (Phi) is 3.87. The van der Waals surface area contributed by atoms with Crippen LogP contribution in [0.3, 0.4) is 0 Å². The first-order valence-electron chi connectivity index (χ1n) is 10.9. The van der Waals surface area contributed by atoms with E-state index in [0.717, 1.165) is 4.90 Å². The van der Waals surface area contributed by atoms with Gasteiger partial charge in [0.1, 0.15) is 0 Å². The molecule has 6 rings (SSSR count). The number of nitro benzene ring substituents is 1. The van der Waals surface area contributed by atoms with E-state index in [1.807, 2.05) is 0 Å². The highest BCUT2D eigenvalue weighted by molar-refractivity contribution is 6.37. The Morgan fingerprint density at radius 2 is 1.67 bits per heavy atom. The van der Waals surface area contributed by atoms with Gasteiger partial charge in [-0.15, -0.1) is 0 Å². The van der Waals surface area contributed by atoms with Crippen molar-refractivity contribution in [3.8, 4) is 0 Å². The van der Waals surface area contributed by atoms with Crippen LogP contribution in [0.15, 0.2) is 42.5 Å². The summed E-state index contributed by atoms with van der Waals surface area (Å²) in [6, 6.07) is 10.1. The van der Waals surface area contributed by atoms with Crippen LogP contribution in [-0.2, 0) is 9.59 Å². The zero-order chi connectivity index (χ0) is 23.2. The molecule has 9 nitrogen and oxygen atoms in total. The van der Waals surface area contributed by atoms with Crippen molar-refractivity contribution in [2.75, 3.05) is 11.4 Å². The third-order valence-corrected chi connectivity index (χ3v) is 7.72. The smallest absolute Gasteiger partial charge is 0.271 e. The number of ketones is 2. The van der Waals surface area contributed by atoms with E-state index >= 15 is 0 Å². The number of hydrogen-bond donors (Lipinski definition) is 0. The van der Waals surface area contributed by atoms with Crippen LogP contribution in [0.25, 0.3) is 0 Å². The van der Waals surface area contributed by atoms with Crippen LogP contribution in [-0.4, -0.2) is 51.3 Å². The first-order chi connectivity index (χ1) is 15.8. The molecule has 3 aliphatic heterocycles. The fourth-order valence-electron chi connectivity index (χ4n) is 6.43. The average Bonchev–Trinajstić information content (AvgIpc) is 3.49. The molecule has 3 atom stereocenters. The Morgan fingerprint density at radius 1 is 1.00 bits per heavy atom. The van der Waals surface area contributed by atoms with Gasteiger partial charge in [0.05, 0.1) is 22.4 Å². The second-order valence-electron chi connectivity index (χ2n) is 9.12. The number of nitro groups is 1. The molecule has 4 aliphatic rings. The van der Waals surface area contributed by atoms with Gasteiger partial charge >= 0.3 is 0 Å². The Morgan fingerprint density at radius 3 is 2.30 bits per heavy atom. The summed E-state index contributed by atoms with van der Waals surface area (Å²) in [5, 5.41) is 11.3. The number of rotatable bonds is 2. The molecule has 9 heteroatoms. The molecule has 166 valence electrons. The maximum absolute atomic E-state index is 13.9. The summed E-state index contributed by atoms with van der Waals surface area (Å²) < 4.78 is 0. The number of amides is 2. The summed E-state index contributed by atoms with van der Waals surface area (Å²) >= 11 is 0.